The minimum absolute atomic E-state index is 0.299. The average molecular weight is 164 g/mol. The van der Waals surface area contributed by atoms with Crippen LogP contribution in [0.15, 0.2) is 29.2 Å². The van der Waals surface area contributed by atoms with Gasteiger partial charge in [-0.05, 0) is 12.1 Å². The summed E-state index contributed by atoms with van der Waals surface area (Å²) < 4.78 is 0. The molecule has 1 nitrogen and oxygen atoms in total. The molecule has 1 aromatic carbocycles. The van der Waals surface area contributed by atoms with E-state index < -0.39 is 0 Å². The lowest BCUT2D eigenvalue weighted by Gasteiger charge is -1.98. The summed E-state index contributed by atoms with van der Waals surface area (Å²) >= 11 is 1.46. The second kappa shape index (κ2) is 3.95. The van der Waals surface area contributed by atoms with E-state index in [1.165, 1.54) is 11.8 Å². The molecule has 0 bridgehead atoms. The smallest absolute Gasteiger partial charge is 0.129 e. The monoisotopic (exact) mass is 164 g/mol. The van der Waals surface area contributed by atoms with Crippen LogP contribution in [0.3, 0.4) is 0 Å². The largest absolute Gasteiger partial charge is 0.507 e. The maximum atomic E-state index is 9.25. The Labute approximate surface area is 70.4 Å². The summed E-state index contributed by atoms with van der Waals surface area (Å²) in [6.07, 6.45) is 5.07. The van der Waals surface area contributed by atoms with Crippen molar-refractivity contribution in [2.75, 3.05) is 5.75 Å². The van der Waals surface area contributed by atoms with E-state index >= 15 is 0 Å². The number of aromatic hydroxyl groups is 1. The van der Waals surface area contributed by atoms with E-state index in [-0.39, 0.29) is 0 Å². The molecule has 0 aromatic heterocycles. The standard InChI is InChI=1S/C9H8OS/c1-2-7-11-9-6-4-3-5-8(9)10/h1,3-6,10H,7H2. The SMILES string of the molecule is C#CCSc1ccccc1O. The van der Waals surface area contributed by atoms with Crippen LogP contribution in [0.25, 0.3) is 0 Å². The Morgan fingerprint density at radius 3 is 2.82 bits per heavy atom. The zero-order valence-corrected chi connectivity index (χ0v) is 6.77. The molecule has 0 amide bonds. The van der Waals surface area contributed by atoms with Gasteiger partial charge in [0.1, 0.15) is 5.75 Å². The maximum Gasteiger partial charge on any atom is 0.129 e. The zero-order chi connectivity index (χ0) is 8.10. The van der Waals surface area contributed by atoms with Gasteiger partial charge in [-0.3, -0.25) is 0 Å². The second-order valence-corrected chi connectivity index (χ2v) is 2.98. The van der Waals surface area contributed by atoms with Crippen molar-refractivity contribution in [1.29, 1.82) is 0 Å². The highest BCUT2D eigenvalue weighted by Gasteiger charge is 1.96. The molecule has 0 saturated carbocycles. The molecular weight excluding hydrogens is 156 g/mol. The van der Waals surface area contributed by atoms with E-state index in [1.54, 1.807) is 12.1 Å². The Kier molecular flexibility index (Phi) is 2.88. The molecule has 0 saturated heterocycles. The van der Waals surface area contributed by atoms with Crippen LogP contribution in [0.2, 0.25) is 0 Å². The van der Waals surface area contributed by atoms with Crippen molar-refractivity contribution in [3.63, 3.8) is 0 Å². The first-order chi connectivity index (χ1) is 5.34. The maximum absolute atomic E-state index is 9.25. The van der Waals surface area contributed by atoms with Gasteiger partial charge in [0.2, 0.25) is 0 Å². The van der Waals surface area contributed by atoms with Crippen LogP contribution in [0.1, 0.15) is 0 Å². The Balaban J connectivity index is 2.71. The highest BCUT2D eigenvalue weighted by atomic mass is 32.2. The van der Waals surface area contributed by atoms with Gasteiger partial charge in [-0.25, -0.2) is 0 Å². The Bertz CT molecular complexity index is 275. The number of phenols is 1. The van der Waals surface area contributed by atoms with Crippen LogP contribution in [-0.4, -0.2) is 10.9 Å². The van der Waals surface area contributed by atoms with E-state index in [4.69, 9.17) is 6.42 Å². The predicted molar refractivity (Wildman–Crippen MR) is 47.7 cm³/mol. The third kappa shape index (κ3) is 2.21. The number of hydrogen-bond donors (Lipinski definition) is 1. The Morgan fingerprint density at radius 1 is 1.45 bits per heavy atom. The minimum atomic E-state index is 0.299. The fourth-order valence-electron chi connectivity index (χ4n) is 0.699. The first-order valence-electron chi connectivity index (χ1n) is 3.19. The lowest BCUT2D eigenvalue weighted by molar-refractivity contribution is 0.462. The summed E-state index contributed by atoms with van der Waals surface area (Å²) in [5, 5.41) is 9.25. The molecule has 1 rings (SSSR count). The normalized spacial score (nSPS) is 9.00. The van der Waals surface area contributed by atoms with E-state index in [1.807, 2.05) is 12.1 Å². The van der Waals surface area contributed by atoms with Crippen molar-refractivity contribution in [2.45, 2.75) is 4.90 Å². The molecule has 0 spiro atoms. The molecule has 0 unspecified atom stereocenters. The molecule has 0 atom stereocenters. The van der Waals surface area contributed by atoms with Gasteiger partial charge in [0.05, 0.1) is 10.6 Å². The molecule has 0 aliphatic carbocycles. The number of hydrogen-bond acceptors (Lipinski definition) is 2. The van der Waals surface area contributed by atoms with Crippen molar-refractivity contribution in [3.8, 4) is 18.1 Å². The van der Waals surface area contributed by atoms with Crippen LogP contribution in [0, 0.1) is 12.3 Å². The van der Waals surface area contributed by atoms with Crippen LogP contribution in [-0.2, 0) is 0 Å². The number of benzene rings is 1. The number of thioether (sulfide) groups is 1. The Hall–Kier alpha value is -1.07. The summed E-state index contributed by atoms with van der Waals surface area (Å²) in [5.74, 6) is 3.39. The van der Waals surface area contributed by atoms with Crippen molar-refractivity contribution >= 4 is 11.8 Å². The van der Waals surface area contributed by atoms with Crippen LogP contribution >= 0.6 is 11.8 Å². The number of para-hydroxylation sites is 1. The fraction of sp³-hybridized carbons (Fsp3) is 0.111. The fourth-order valence-corrected chi connectivity index (χ4v) is 1.33. The highest BCUT2D eigenvalue weighted by Crippen LogP contribution is 2.26. The molecule has 56 valence electrons. The molecule has 0 radical (unpaired) electrons. The lowest BCUT2D eigenvalue weighted by atomic mass is 10.3. The van der Waals surface area contributed by atoms with Gasteiger partial charge in [0, 0.05) is 0 Å². The lowest BCUT2D eigenvalue weighted by Crippen LogP contribution is -1.74. The van der Waals surface area contributed by atoms with Crippen LogP contribution in [0.4, 0.5) is 0 Å². The van der Waals surface area contributed by atoms with E-state index in [2.05, 4.69) is 5.92 Å². The van der Waals surface area contributed by atoms with Crippen molar-refractivity contribution in [1.82, 2.24) is 0 Å². The third-order valence-corrected chi connectivity index (χ3v) is 2.14. The topological polar surface area (TPSA) is 20.2 Å². The van der Waals surface area contributed by atoms with Gasteiger partial charge in [-0.15, -0.1) is 18.2 Å². The molecule has 0 aliphatic rings. The number of rotatable bonds is 2. The first kappa shape index (κ1) is 8.03. The van der Waals surface area contributed by atoms with Gasteiger partial charge < -0.3 is 5.11 Å². The average Bonchev–Trinajstić information content (AvgIpc) is 2.03. The summed E-state index contributed by atoms with van der Waals surface area (Å²) in [5.41, 5.74) is 0. The summed E-state index contributed by atoms with van der Waals surface area (Å²) in [4.78, 5) is 0.838. The molecule has 1 aromatic rings. The molecule has 1 N–H and O–H groups in total. The van der Waals surface area contributed by atoms with Crippen molar-refractivity contribution in [3.05, 3.63) is 24.3 Å². The summed E-state index contributed by atoms with van der Waals surface area (Å²) in [6.45, 7) is 0. The molecule has 2 heteroatoms. The van der Waals surface area contributed by atoms with E-state index in [0.717, 1.165) is 4.90 Å². The van der Waals surface area contributed by atoms with Gasteiger partial charge in [-0.2, -0.15) is 0 Å². The third-order valence-electron chi connectivity index (χ3n) is 1.18. The summed E-state index contributed by atoms with van der Waals surface area (Å²) in [7, 11) is 0. The second-order valence-electron chi connectivity index (χ2n) is 1.96. The molecule has 0 heterocycles. The quantitative estimate of drug-likeness (QED) is 0.533. The van der Waals surface area contributed by atoms with Crippen molar-refractivity contribution < 1.29 is 5.11 Å². The van der Waals surface area contributed by atoms with E-state index in [9.17, 15) is 5.11 Å². The van der Waals surface area contributed by atoms with E-state index in [0.29, 0.717) is 11.5 Å². The molecule has 0 aliphatic heterocycles. The van der Waals surface area contributed by atoms with Gasteiger partial charge in [-0.1, -0.05) is 18.1 Å². The molecule has 11 heavy (non-hydrogen) atoms. The number of terminal acetylenes is 1. The zero-order valence-electron chi connectivity index (χ0n) is 5.95. The first-order valence-corrected chi connectivity index (χ1v) is 4.17. The van der Waals surface area contributed by atoms with Gasteiger partial charge in [0.25, 0.3) is 0 Å². The Morgan fingerprint density at radius 2 is 2.18 bits per heavy atom. The van der Waals surface area contributed by atoms with Crippen LogP contribution in [0.5, 0.6) is 5.75 Å². The van der Waals surface area contributed by atoms with Gasteiger partial charge in [0.15, 0.2) is 0 Å². The van der Waals surface area contributed by atoms with Gasteiger partial charge >= 0.3 is 0 Å². The number of phenolic OH excluding ortho intramolecular Hbond substituents is 1. The van der Waals surface area contributed by atoms with Crippen LogP contribution < -0.4 is 0 Å². The summed E-state index contributed by atoms with van der Waals surface area (Å²) in [6, 6.07) is 7.16. The molecule has 0 fully saturated rings. The highest BCUT2D eigenvalue weighted by molar-refractivity contribution is 7.99. The predicted octanol–water partition coefficient (Wildman–Crippen LogP) is 2.12. The molecular formula is C9H8OS. The van der Waals surface area contributed by atoms with Crippen molar-refractivity contribution in [2.24, 2.45) is 0 Å². The minimum Gasteiger partial charge on any atom is -0.507 e.